The van der Waals surface area contributed by atoms with E-state index in [0.717, 1.165) is 0 Å². The minimum absolute atomic E-state index is 0.00593. The van der Waals surface area contributed by atoms with Crippen LogP contribution in [0.4, 0.5) is 0 Å². The summed E-state index contributed by atoms with van der Waals surface area (Å²) < 4.78 is 3.51. The van der Waals surface area contributed by atoms with Gasteiger partial charge in [-0.1, -0.05) is 0 Å². The molecule has 0 atom stereocenters. The van der Waals surface area contributed by atoms with Crippen molar-refractivity contribution in [2.75, 3.05) is 0 Å². The molecule has 0 saturated heterocycles. The van der Waals surface area contributed by atoms with Crippen LogP contribution in [0.5, 0.6) is 0 Å². The fraction of sp³-hybridized carbons (Fsp3) is 0.429. The van der Waals surface area contributed by atoms with Crippen LogP contribution in [0.3, 0.4) is 0 Å². The van der Waals surface area contributed by atoms with E-state index < -0.39 is 0 Å². The summed E-state index contributed by atoms with van der Waals surface area (Å²) in [5.74, 6) is 0. The second kappa shape index (κ2) is 4.27. The maximum absolute atomic E-state index is 2.39. The molecule has 0 amide bonds. The van der Waals surface area contributed by atoms with Crippen LogP contribution in [0.15, 0.2) is 42.2 Å². The van der Waals surface area contributed by atoms with Gasteiger partial charge in [0.15, 0.2) is 0 Å². The zero-order chi connectivity index (χ0) is 11.0. The molecule has 2 aliphatic carbocycles. The van der Waals surface area contributed by atoms with Gasteiger partial charge < -0.3 is 0 Å². The Morgan fingerprint density at radius 2 is 1.20 bits per heavy atom. The van der Waals surface area contributed by atoms with E-state index in [4.69, 9.17) is 0 Å². The maximum atomic E-state index is 2.39. The van der Waals surface area contributed by atoms with Crippen molar-refractivity contribution in [3.8, 4) is 0 Å². The summed E-state index contributed by atoms with van der Waals surface area (Å²) in [6.07, 6.45) is 7.24. The zero-order valence-electron chi connectivity index (χ0n) is 10.1. The molecule has 0 aromatic rings. The minimum atomic E-state index is -0.00593. The molecule has 0 N–H and O–H groups in total. The fourth-order valence-electron chi connectivity index (χ4n) is 2.07. The van der Waals surface area contributed by atoms with Crippen molar-refractivity contribution in [1.29, 1.82) is 0 Å². The molecule has 0 spiro atoms. The van der Waals surface area contributed by atoms with E-state index in [1.807, 2.05) is 0 Å². The summed E-state index contributed by atoms with van der Waals surface area (Å²) in [7, 11) is 0. The summed E-state index contributed by atoms with van der Waals surface area (Å²) in [4.78, 5) is 0. The van der Waals surface area contributed by atoms with Crippen molar-refractivity contribution in [3.63, 3.8) is 0 Å². The van der Waals surface area contributed by atoms with Crippen LogP contribution in [-0.4, -0.2) is 0 Å². The number of hydrogen-bond acceptors (Lipinski definition) is 0. The van der Waals surface area contributed by atoms with E-state index in [-0.39, 0.29) is 19.2 Å². The predicted octanol–water partition coefficient (Wildman–Crippen LogP) is 4.32. The Labute approximate surface area is 102 Å². The average Bonchev–Trinajstić information content (AvgIpc) is 2.68. The molecular formula is C14H18Ti. The van der Waals surface area contributed by atoms with Crippen LogP contribution in [0.25, 0.3) is 0 Å². The van der Waals surface area contributed by atoms with Gasteiger partial charge in [-0.25, -0.2) is 0 Å². The van der Waals surface area contributed by atoms with Crippen LogP contribution in [0, 0.1) is 0 Å². The van der Waals surface area contributed by atoms with E-state index in [1.165, 1.54) is 24.0 Å². The van der Waals surface area contributed by atoms with Gasteiger partial charge in [-0.15, -0.1) is 0 Å². The van der Waals surface area contributed by atoms with Crippen molar-refractivity contribution < 1.29 is 19.2 Å². The Hall–Kier alpha value is -0.326. The van der Waals surface area contributed by atoms with Gasteiger partial charge in [-0.05, 0) is 0 Å². The molecule has 0 aromatic carbocycles. The third-order valence-corrected chi connectivity index (χ3v) is 6.37. The molecule has 15 heavy (non-hydrogen) atoms. The van der Waals surface area contributed by atoms with Gasteiger partial charge in [-0.2, -0.15) is 0 Å². The molecule has 0 saturated carbocycles. The van der Waals surface area contributed by atoms with E-state index in [9.17, 15) is 0 Å². The Morgan fingerprint density at radius 1 is 0.800 bits per heavy atom. The van der Waals surface area contributed by atoms with Crippen molar-refractivity contribution in [1.82, 2.24) is 0 Å². The summed E-state index contributed by atoms with van der Waals surface area (Å²) in [5, 5.41) is 0. The monoisotopic (exact) mass is 234 g/mol. The molecule has 0 heterocycles. The van der Waals surface area contributed by atoms with E-state index in [0.29, 0.717) is 0 Å². The summed E-state index contributed by atoms with van der Waals surface area (Å²) in [6, 6.07) is 0. The van der Waals surface area contributed by atoms with Gasteiger partial charge in [0.2, 0.25) is 0 Å². The molecule has 0 fully saturated rings. The molecule has 2 aliphatic rings. The molecule has 0 bridgehead atoms. The molecule has 0 nitrogen and oxygen atoms in total. The van der Waals surface area contributed by atoms with Crippen molar-refractivity contribution in [3.05, 3.63) is 42.2 Å². The van der Waals surface area contributed by atoms with Gasteiger partial charge in [0, 0.05) is 0 Å². The van der Waals surface area contributed by atoms with Crippen molar-refractivity contribution >= 4 is 0 Å². The molecule has 2 rings (SSSR count). The van der Waals surface area contributed by atoms with E-state index >= 15 is 0 Å². The van der Waals surface area contributed by atoms with E-state index in [2.05, 4.69) is 39.8 Å². The first-order valence-electron chi connectivity index (χ1n) is 5.60. The van der Waals surface area contributed by atoms with Gasteiger partial charge in [0.05, 0.1) is 0 Å². The molecule has 0 radical (unpaired) electrons. The number of allylic oxidation sites excluding steroid dienone is 8. The predicted molar refractivity (Wildman–Crippen MR) is 62.1 cm³/mol. The van der Waals surface area contributed by atoms with Crippen molar-refractivity contribution in [2.24, 2.45) is 0 Å². The molecule has 0 aliphatic heterocycles. The molecular weight excluding hydrogens is 216 g/mol. The SMILES string of the molecule is CC1=CC[C]([Ti][C]2=C(C)C(C)=CC2)=C1C. The Morgan fingerprint density at radius 3 is 1.47 bits per heavy atom. The molecule has 0 aromatic heterocycles. The second-order valence-electron chi connectivity index (χ2n) is 4.51. The fourth-order valence-corrected chi connectivity index (χ4v) is 4.48. The first kappa shape index (κ1) is 11.2. The zero-order valence-corrected chi connectivity index (χ0v) is 11.6. The van der Waals surface area contributed by atoms with Gasteiger partial charge in [0.25, 0.3) is 0 Å². The first-order valence-corrected chi connectivity index (χ1v) is 7.16. The van der Waals surface area contributed by atoms with Gasteiger partial charge in [-0.3, -0.25) is 0 Å². The standard InChI is InChI=1S/2C7H9.Ti/c2*1-6-4-3-5-7(6)2;/h2*4H,3H2,1-2H3;. The Bertz CT molecular complexity index is 377. The van der Waals surface area contributed by atoms with Crippen LogP contribution in [-0.2, 0) is 19.2 Å². The Balaban J connectivity index is 2.14. The second-order valence-corrected chi connectivity index (χ2v) is 6.79. The first-order chi connectivity index (χ1) is 7.09. The third-order valence-electron chi connectivity index (χ3n) is 3.61. The number of rotatable bonds is 2. The topological polar surface area (TPSA) is 0 Å². The third kappa shape index (κ3) is 2.12. The molecule has 1 heteroatoms. The average molecular weight is 234 g/mol. The van der Waals surface area contributed by atoms with Crippen molar-refractivity contribution in [2.45, 2.75) is 40.5 Å². The summed E-state index contributed by atoms with van der Waals surface area (Å²) in [6.45, 7) is 9.08. The van der Waals surface area contributed by atoms with Crippen LogP contribution in [0.2, 0.25) is 0 Å². The molecule has 78 valence electrons. The summed E-state index contributed by atoms with van der Waals surface area (Å²) >= 11 is -0.00593. The quantitative estimate of drug-likeness (QED) is 0.624. The molecule has 0 unspecified atom stereocenters. The van der Waals surface area contributed by atoms with Gasteiger partial charge >= 0.3 is 102 Å². The number of hydrogen-bond donors (Lipinski definition) is 0. The normalized spacial score (nSPS) is 21.1. The Kier molecular flexibility index (Phi) is 3.18. The summed E-state index contributed by atoms with van der Waals surface area (Å²) in [5.41, 5.74) is 6.18. The van der Waals surface area contributed by atoms with Gasteiger partial charge in [0.1, 0.15) is 0 Å². The van der Waals surface area contributed by atoms with E-state index in [1.54, 1.807) is 18.9 Å². The van der Waals surface area contributed by atoms with Crippen LogP contribution < -0.4 is 0 Å². The van der Waals surface area contributed by atoms with Crippen LogP contribution in [0.1, 0.15) is 40.5 Å². The van der Waals surface area contributed by atoms with Crippen LogP contribution >= 0.6 is 0 Å².